The normalized spacial score (nSPS) is 29.4. The van der Waals surface area contributed by atoms with Crippen LogP contribution in [0.5, 0.6) is 0 Å². The highest BCUT2D eigenvalue weighted by Crippen LogP contribution is 2.42. The van der Waals surface area contributed by atoms with E-state index in [9.17, 15) is 5.11 Å². The van der Waals surface area contributed by atoms with Crippen LogP contribution in [0.1, 0.15) is 34.1 Å². The van der Waals surface area contributed by atoms with E-state index in [-0.39, 0.29) is 16.9 Å². The van der Waals surface area contributed by atoms with E-state index >= 15 is 0 Å². The molecule has 0 spiro atoms. The molecule has 0 aromatic heterocycles. The quantitative estimate of drug-likeness (QED) is 0.700. The van der Waals surface area contributed by atoms with Gasteiger partial charge in [-0.15, -0.1) is 0 Å². The SMILES string of the molecule is CC(C)(C)[Si](OCC1COC[C@H]1[C@]1(C)OCC[C@@H]1O)(c1ccccc1)c1ccccc1. The number of benzene rings is 2. The summed E-state index contributed by atoms with van der Waals surface area (Å²) < 4.78 is 19.1. The largest absolute Gasteiger partial charge is 0.407 e. The third-order valence-corrected chi connectivity index (χ3v) is 12.3. The van der Waals surface area contributed by atoms with Crippen molar-refractivity contribution in [2.24, 2.45) is 11.8 Å². The van der Waals surface area contributed by atoms with E-state index in [0.717, 1.165) is 0 Å². The highest BCUT2D eigenvalue weighted by atomic mass is 28.4. The Morgan fingerprint density at radius 3 is 2.06 bits per heavy atom. The summed E-state index contributed by atoms with van der Waals surface area (Å²) in [4.78, 5) is 0. The molecule has 0 amide bonds. The first-order valence-electron chi connectivity index (χ1n) is 11.4. The van der Waals surface area contributed by atoms with Gasteiger partial charge >= 0.3 is 0 Å². The van der Waals surface area contributed by atoms with E-state index < -0.39 is 20.0 Å². The van der Waals surface area contributed by atoms with Crippen molar-refractivity contribution in [3.8, 4) is 0 Å². The maximum Gasteiger partial charge on any atom is 0.261 e. The van der Waals surface area contributed by atoms with Crippen molar-refractivity contribution >= 4 is 18.7 Å². The number of rotatable bonds is 6. The number of aliphatic hydroxyl groups excluding tert-OH is 1. The molecule has 1 N–H and O–H groups in total. The summed E-state index contributed by atoms with van der Waals surface area (Å²) in [7, 11) is -2.59. The number of aliphatic hydroxyl groups is 1. The third-order valence-electron chi connectivity index (χ3n) is 7.33. The van der Waals surface area contributed by atoms with E-state index in [4.69, 9.17) is 13.9 Å². The molecule has 4 rings (SSSR count). The summed E-state index contributed by atoms with van der Waals surface area (Å²) in [6.07, 6.45) is 0.240. The van der Waals surface area contributed by atoms with Gasteiger partial charge in [-0.2, -0.15) is 0 Å². The molecule has 2 heterocycles. The van der Waals surface area contributed by atoms with Crippen LogP contribution in [0.4, 0.5) is 0 Å². The maximum atomic E-state index is 10.6. The Bertz CT molecular complexity index is 811. The maximum absolute atomic E-state index is 10.6. The van der Waals surface area contributed by atoms with Gasteiger partial charge in [-0.1, -0.05) is 81.4 Å². The van der Waals surface area contributed by atoms with Gasteiger partial charge in [-0.05, 0) is 28.8 Å². The predicted molar refractivity (Wildman–Crippen MR) is 126 cm³/mol. The van der Waals surface area contributed by atoms with Crippen molar-refractivity contribution in [1.82, 2.24) is 0 Å². The molecule has 1 unspecified atom stereocenters. The Morgan fingerprint density at radius 2 is 1.58 bits per heavy atom. The van der Waals surface area contributed by atoms with Gasteiger partial charge in [0.25, 0.3) is 8.32 Å². The highest BCUT2D eigenvalue weighted by molar-refractivity contribution is 6.99. The topological polar surface area (TPSA) is 47.9 Å². The molecule has 2 aromatic carbocycles. The summed E-state index contributed by atoms with van der Waals surface area (Å²) in [5, 5.41) is 13.1. The second-order valence-corrected chi connectivity index (χ2v) is 14.5. The molecule has 2 aliphatic heterocycles. The molecule has 0 bridgehead atoms. The van der Waals surface area contributed by atoms with Crippen molar-refractivity contribution in [2.45, 2.75) is 50.9 Å². The van der Waals surface area contributed by atoms with Crippen LogP contribution in [-0.2, 0) is 13.9 Å². The van der Waals surface area contributed by atoms with Crippen LogP contribution in [0.25, 0.3) is 0 Å². The first kappa shape index (κ1) is 22.7. The lowest BCUT2D eigenvalue weighted by atomic mass is 9.78. The molecule has 2 saturated heterocycles. The zero-order valence-corrected chi connectivity index (χ0v) is 20.2. The Labute approximate surface area is 187 Å². The minimum atomic E-state index is -2.59. The van der Waals surface area contributed by atoms with Crippen molar-refractivity contribution in [2.75, 3.05) is 26.4 Å². The first-order chi connectivity index (χ1) is 14.8. The minimum absolute atomic E-state index is 0.0576. The lowest BCUT2D eigenvalue weighted by Crippen LogP contribution is -2.67. The molecule has 31 heavy (non-hydrogen) atoms. The van der Waals surface area contributed by atoms with Crippen LogP contribution >= 0.6 is 0 Å². The molecular formula is C26H36O4Si. The first-order valence-corrected chi connectivity index (χ1v) is 13.3. The summed E-state index contributed by atoms with van der Waals surface area (Å²) in [5.41, 5.74) is -0.560. The Kier molecular flexibility index (Phi) is 6.43. The zero-order chi connectivity index (χ0) is 22.1. The monoisotopic (exact) mass is 440 g/mol. The molecule has 2 aromatic rings. The lowest BCUT2D eigenvalue weighted by Gasteiger charge is -2.44. The average Bonchev–Trinajstić information content (AvgIpc) is 3.36. The van der Waals surface area contributed by atoms with Gasteiger partial charge in [0, 0.05) is 18.4 Å². The predicted octanol–water partition coefficient (Wildman–Crippen LogP) is 3.37. The highest BCUT2D eigenvalue weighted by Gasteiger charge is 2.54. The Hall–Kier alpha value is -1.50. The van der Waals surface area contributed by atoms with Gasteiger partial charge in [-0.3, -0.25) is 0 Å². The Morgan fingerprint density at radius 1 is 1.00 bits per heavy atom. The molecular weight excluding hydrogens is 404 g/mol. The van der Waals surface area contributed by atoms with Crippen molar-refractivity contribution in [1.29, 1.82) is 0 Å². The van der Waals surface area contributed by atoms with E-state index in [2.05, 4.69) is 81.4 Å². The number of hydrogen-bond acceptors (Lipinski definition) is 4. The number of ether oxygens (including phenoxy) is 2. The van der Waals surface area contributed by atoms with Crippen molar-refractivity contribution in [3.05, 3.63) is 60.7 Å². The van der Waals surface area contributed by atoms with Gasteiger partial charge in [0.1, 0.15) is 0 Å². The summed E-state index contributed by atoms with van der Waals surface area (Å²) in [6.45, 7) is 11.4. The van der Waals surface area contributed by atoms with Crippen molar-refractivity contribution < 1.29 is 19.0 Å². The standard InChI is InChI=1S/C26H36O4Si/c1-25(2,3)31(21-11-7-5-8-12-21,22-13-9-6-10-14-22)30-18-20-17-28-19-23(20)26(4)24(27)15-16-29-26/h5-14,20,23-24,27H,15-19H2,1-4H3/t20?,23-,24+,26+/m1/s1. The summed E-state index contributed by atoms with van der Waals surface area (Å²) >= 11 is 0. The van der Waals surface area contributed by atoms with Crippen LogP contribution in [0.3, 0.4) is 0 Å². The van der Waals surface area contributed by atoms with Gasteiger partial charge in [0.15, 0.2) is 0 Å². The van der Waals surface area contributed by atoms with Crippen LogP contribution in [0, 0.1) is 11.8 Å². The van der Waals surface area contributed by atoms with Gasteiger partial charge in [0.05, 0.1) is 31.5 Å². The second-order valence-electron chi connectivity index (χ2n) is 10.2. The Balaban J connectivity index is 1.69. The smallest absolute Gasteiger partial charge is 0.261 e. The second kappa shape index (κ2) is 8.79. The fourth-order valence-electron chi connectivity index (χ4n) is 5.52. The summed E-state index contributed by atoms with van der Waals surface area (Å²) in [5.74, 6) is 0.322. The van der Waals surface area contributed by atoms with E-state index in [1.165, 1.54) is 10.4 Å². The van der Waals surface area contributed by atoms with E-state index in [1.54, 1.807) is 0 Å². The van der Waals surface area contributed by atoms with E-state index in [1.807, 2.05) is 6.92 Å². The van der Waals surface area contributed by atoms with E-state index in [0.29, 0.717) is 32.8 Å². The van der Waals surface area contributed by atoms with Crippen LogP contribution in [0.15, 0.2) is 60.7 Å². The average molecular weight is 441 g/mol. The molecule has 0 radical (unpaired) electrons. The fraction of sp³-hybridized carbons (Fsp3) is 0.538. The zero-order valence-electron chi connectivity index (χ0n) is 19.2. The molecule has 5 heteroatoms. The molecule has 2 fully saturated rings. The van der Waals surface area contributed by atoms with Gasteiger partial charge in [-0.25, -0.2) is 0 Å². The summed E-state index contributed by atoms with van der Waals surface area (Å²) in [6, 6.07) is 21.5. The van der Waals surface area contributed by atoms with Gasteiger partial charge in [0.2, 0.25) is 0 Å². The minimum Gasteiger partial charge on any atom is -0.407 e. The fourth-order valence-corrected chi connectivity index (χ4v) is 10.1. The lowest BCUT2D eigenvalue weighted by molar-refractivity contribution is -0.0976. The molecule has 168 valence electrons. The molecule has 0 saturated carbocycles. The molecule has 2 aliphatic rings. The molecule has 4 nitrogen and oxygen atoms in total. The van der Waals surface area contributed by atoms with Crippen LogP contribution in [0.2, 0.25) is 5.04 Å². The van der Waals surface area contributed by atoms with Crippen LogP contribution < -0.4 is 10.4 Å². The number of hydrogen-bond donors (Lipinski definition) is 1. The molecule has 4 atom stereocenters. The molecule has 0 aliphatic carbocycles. The van der Waals surface area contributed by atoms with Crippen LogP contribution in [-0.4, -0.2) is 51.6 Å². The van der Waals surface area contributed by atoms with Gasteiger partial charge < -0.3 is 19.0 Å². The van der Waals surface area contributed by atoms with Crippen molar-refractivity contribution in [3.63, 3.8) is 0 Å². The third kappa shape index (κ3) is 4.03.